The van der Waals surface area contributed by atoms with E-state index in [4.69, 9.17) is 0 Å². The van der Waals surface area contributed by atoms with Gasteiger partial charge in [0.1, 0.15) is 11.9 Å². The van der Waals surface area contributed by atoms with E-state index in [2.05, 4.69) is 15.0 Å². The van der Waals surface area contributed by atoms with E-state index < -0.39 is 26.9 Å². The number of nitrogens with zero attached hydrogens (tertiary/aromatic N) is 2. The summed E-state index contributed by atoms with van der Waals surface area (Å²) in [6, 6.07) is 10.0. The topological polar surface area (TPSA) is 131 Å². The molecule has 2 aromatic carbocycles. The molecule has 1 atom stereocenters. The summed E-state index contributed by atoms with van der Waals surface area (Å²) in [5.74, 6) is -0.339. The van der Waals surface area contributed by atoms with Crippen molar-refractivity contribution < 1.29 is 18.1 Å². The first kappa shape index (κ1) is 21.4. The van der Waals surface area contributed by atoms with Crippen LogP contribution in [0.1, 0.15) is 37.3 Å². The number of nitro benzene ring substituents is 1. The molecule has 0 unspecified atom stereocenters. The van der Waals surface area contributed by atoms with Crippen LogP contribution in [0.25, 0.3) is 0 Å². The monoisotopic (exact) mass is 430 g/mol. The third-order valence-corrected chi connectivity index (χ3v) is 6.15. The number of nitro groups is 1. The minimum Gasteiger partial charge on any atom is -0.324 e. The number of amidine groups is 1. The third kappa shape index (κ3) is 4.48. The van der Waals surface area contributed by atoms with Gasteiger partial charge in [-0.05, 0) is 31.5 Å². The molecular weight excluding hydrogens is 408 g/mol. The van der Waals surface area contributed by atoms with Crippen molar-refractivity contribution in [3.8, 4) is 0 Å². The first-order valence-corrected chi connectivity index (χ1v) is 11.0. The van der Waals surface area contributed by atoms with Gasteiger partial charge in [0.2, 0.25) is 5.91 Å². The van der Waals surface area contributed by atoms with E-state index in [1.807, 2.05) is 6.92 Å². The molecular formula is C20H22N4O5S. The van der Waals surface area contributed by atoms with Crippen molar-refractivity contribution in [3.63, 3.8) is 0 Å². The minimum atomic E-state index is -3.71. The van der Waals surface area contributed by atoms with Gasteiger partial charge < -0.3 is 5.32 Å². The molecule has 1 heterocycles. The molecule has 30 heavy (non-hydrogen) atoms. The predicted octanol–water partition coefficient (Wildman–Crippen LogP) is 3.14. The molecule has 0 spiro atoms. The largest absolute Gasteiger partial charge is 0.324 e. The smallest absolute Gasteiger partial charge is 0.274 e. The van der Waals surface area contributed by atoms with E-state index in [1.165, 1.54) is 12.1 Å². The summed E-state index contributed by atoms with van der Waals surface area (Å²) in [5, 5.41) is 13.8. The molecule has 0 bridgehead atoms. The molecule has 10 heteroatoms. The van der Waals surface area contributed by atoms with Gasteiger partial charge in [0, 0.05) is 22.9 Å². The highest BCUT2D eigenvalue weighted by Gasteiger charge is 2.31. The number of unbranched alkanes of at least 4 members (excludes halogenated alkanes) is 1. The van der Waals surface area contributed by atoms with Crippen molar-refractivity contribution in [2.45, 2.75) is 44.0 Å². The van der Waals surface area contributed by atoms with E-state index in [-0.39, 0.29) is 22.1 Å². The minimum absolute atomic E-state index is 0.0956. The lowest BCUT2D eigenvalue weighted by molar-refractivity contribution is -0.385. The SMILES string of the molecule is CCCC[C@@H](N=C1NS(=O)(=O)c2ccccc21)C(=O)Nc1ccc(C)c([N+](=O)[O-])c1. The Bertz CT molecular complexity index is 1130. The lowest BCUT2D eigenvalue weighted by Gasteiger charge is -2.14. The molecule has 1 aliphatic heterocycles. The molecule has 0 radical (unpaired) electrons. The van der Waals surface area contributed by atoms with Crippen LogP contribution in [-0.2, 0) is 14.8 Å². The van der Waals surface area contributed by atoms with Crippen molar-refractivity contribution in [3.05, 3.63) is 63.7 Å². The van der Waals surface area contributed by atoms with E-state index >= 15 is 0 Å². The van der Waals surface area contributed by atoms with Crippen molar-refractivity contribution in [2.75, 3.05) is 5.32 Å². The number of aryl methyl sites for hydroxylation is 1. The van der Waals surface area contributed by atoms with Gasteiger partial charge in [0.25, 0.3) is 15.7 Å². The number of benzene rings is 2. The average Bonchev–Trinajstić information content (AvgIpc) is 2.96. The Kier molecular flexibility index (Phi) is 6.16. The average molecular weight is 430 g/mol. The number of anilines is 1. The summed E-state index contributed by atoms with van der Waals surface area (Å²) in [5.41, 5.74) is 1.09. The zero-order valence-corrected chi connectivity index (χ0v) is 17.4. The Morgan fingerprint density at radius 2 is 2.00 bits per heavy atom. The van der Waals surface area contributed by atoms with E-state index in [0.29, 0.717) is 24.0 Å². The van der Waals surface area contributed by atoms with Gasteiger partial charge in [-0.2, -0.15) is 0 Å². The number of hydrogen-bond acceptors (Lipinski definition) is 6. The van der Waals surface area contributed by atoms with Gasteiger partial charge in [0.05, 0.1) is 9.82 Å². The number of carbonyl (C=O) groups is 1. The lowest BCUT2D eigenvalue weighted by atomic mass is 10.1. The number of aliphatic imine (C=N–C) groups is 1. The number of sulfonamides is 1. The number of carbonyl (C=O) groups excluding carboxylic acids is 1. The summed E-state index contributed by atoms with van der Waals surface area (Å²) in [7, 11) is -3.71. The highest BCUT2D eigenvalue weighted by atomic mass is 32.2. The summed E-state index contributed by atoms with van der Waals surface area (Å²) in [6.45, 7) is 3.59. The zero-order chi connectivity index (χ0) is 21.9. The number of nitrogens with one attached hydrogen (secondary N) is 2. The Hall–Kier alpha value is -3.27. The molecule has 0 saturated carbocycles. The molecule has 1 amide bonds. The van der Waals surface area contributed by atoms with Gasteiger partial charge in [-0.1, -0.05) is 38.0 Å². The van der Waals surface area contributed by atoms with Crippen LogP contribution in [0.2, 0.25) is 0 Å². The quantitative estimate of drug-likeness (QED) is 0.515. The predicted molar refractivity (Wildman–Crippen MR) is 113 cm³/mol. The van der Waals surface area contributed by atoms with Crippen LogP contribution >= 0.6 is 0 Å². The Morgan fingerprint density at radius 1 is 1.27 bits per heavy atom. The standard InChI is InChI=1S/C20H22N4O5S/c1-3-4-8-16(20(25)21-14-11-10-13(2)17(12-14)24(26)27)22-19-15-7-5-6-9-18(15)30(28,29)23-19/h5-7,9-12,16H,3-4,8H2,1-2H3,(H,21,25)(H,22,23)/t16-/m1/s1. The van der Waals surface area contributed by atoms with Crippen LogP contribution in [0, 0.1) is 17.0 Å². The van der Waals surface area contributed by atoms with E-state index in [0.717, 1.165) is 6.42 Å². The van der Waals surface area contributed by atoms with Gasteiger partial charge in [-0.25, -0.2) is 8.42 Å². The number of hydrogen-bond donors (Lipinski definition) is 2. The molecule has 2 aromatic rings. The molecule has 2 N–H and O–H groups in total. The van der Waals surface area contributed by atoms with Crippen LogP contribution < -0.4 is 10.0 Å². The molecule has 0 fully saturated rings. The molecule has 3 rings (SSSR count). The zero-order valence-electron chi connectivity index (χ0n) is 16.6. The van der Waals surface area contributed by atoms with Gasteiger partial charge in [-0.15, -0.1) is 0 Å². The van der Waals surface area contributed by atoms with Crippen molar-refractivity contribution in [2.24, 2.45) is 4.99 Å². The van der Waals surface area contributed by atoms with Crippen LogP contribution in [0.5, 0.6) is 0 Å². The van der Waals surface area contributed by atoms with E-state index in [9.17, 15) is 23.3 Å². The van der Waals surface area contributed by atoms with Gasteiger partial charge in [0.15, 0.2) is 0 Å². The molecule has 0 saturated heterocycles. The molecule has 1 aliphatic rings. The highest BCUT2D eigenvalue weighted by Crippen LogP contribution is 2.25. The fraction of sp³-hybridized carbons (Fsp3) is 0.300. The summed E-state index contributed by atoms with van der Waals surface area (Å²) < 4.78 is 27.0. The molecule has 9 nitrogen and oxygen atoms in total. The Morgan fingerprint density at radius 3 is 2.70 bits per heavy atom. The van der Waals surface area contributed by atoms with Crippen molar-refractivity contribution in [1.82, 2.24) is 4.72 Å². The normalized spacial score (nSPS) is 16.5. The maximum Gasteiger partial charge on any atom is 0.274 e. The number of amides is 1. The lowest BCUT2D eigenvalue weighted by Crippen LogP contribution is -2.30. The first-order valence-electron chi connectivity index (χ1n) is 9.49. The summed E-state index contributed by atoms with van der Waals surface area (Å²) >= 11 is 0. The second-order valence-electron chi connectivity index (χ2n) is 6.99. The van der Waals surface area contributed by atoms with Crippen LogP contribution in [-0.4, -0.2) is 31.1 Å². The third-order valence-electron chi connectivity index (χ3n) is 4.75. The van der Waals surface area contributed by atoms with E-state index in [1.54, 1.807) is 37.3 Å². The highest BCUT2D eigenvalue weighted by molar-refractivity contribution is 7.90. The summed E-state index contributed by atoms with van der Waals surface area (Å²) in [4.78, 5) is 28.0. The number of fused-ring (bicyclic) bond motifs is 1. The van der Waals surface area contributed by atoms with Crippen molar-refractivity contribution in [1.29, 1.82) is 0 Å². The molecule has 0 aliphatic carbocycles. The maximum absolute atomic E-state index is 12.9. The first-order chi connectivity index (χ1) is 14.2. The second-order valence-corrected chi connectivity index (χ2v) is 8.64. The van der Waals surface area contributed by atoms with Crippen LogP contribution in [0.3, 0.4) is 0 Å². The van der Waals surface area contributed by atoms with Crippen LogP contribution in [0.4, 0.5) is 11.4 Å². The van der Waals surface area contributed by atoms with Crippen molar-refractivity contribution >= 4 is 33.1 Å². The number of rotatable bonds is 7. The van der Waals surface area contributed by atoms with Gasteiger partial charge >= 0.3 is 0 Å². The second kappa shape index (κ2) is 8.62. The molecule has 158 valence electrons. The van der Waals surface area contributed by atoms with Crippen LogP contribution in [0.15, 0.2) is 52.4 Å². The Labute approximate surface area is 174 Å². The molecule has 0 aromatic heterocycles. The Balaban J connectivity index is 1.90. The van der Waals surface area contributed by atoms with Gasteiger partial charge in [-0.3, -0.25) is 24.6 Å². The maximum atomic E-state index is 12.9. The summed E-state index contributed by atoms with van der Waals surface area (Å²) in [6.07, 6.45) is 1.94. The fourth-order valence-corrected chi connectivity index (χ4v) is 4.39. The fourth-order valence-electron chi connectivity index (χ4n) is 3.15.